The second-order valence-corrected chi connectivity index (χ2v) is 4.50. The quantitative estimate of drug-likeness (QED) is 0.772. The first-order valence-electron chi connectivity index (χ1n) is 6.12. The van der Waals surface area contributed by atoms with Crippen molar-refractivity contribution in [1.82, 2.24) is 4.90 Å². The van der Waals surface area contributed by atoms with E-state index in [-0.39, 0.29) is 18.2 Å². The molecule has 0 aromatic heterocycles. The van der Waals surface area contributed by atoms with E-state index >= 15 is 0 Å². The largest absolute Gasteiger partial charge is 0.481 e. The second-order valence-electron chi connectivity index (χ2n) is 4.50. The lowest BCUT2D eigenvalue weighted by atomic mass is 10.1. The first-order valence-corrected chi connectivity index (χ1v) is 6.12. The van der Waals surface area contributed by atoms with Crippen LogP contribution in [0.25, 0.3) is 0 Å². The van der Waals surface area contributed by atoms with E-state index in [0.717, 1.165) is 0 Å². The van der Waals surface area contributed by atoms with Crippen molar-refractivity contribution in [2.75, 3.05) is 13.6 Å². The van der Waals surface area contributed by atoms with Crippen LogP contribution in [0.15, 0.2) is 24.3 Å². The fourth-order valence-electron chi connectivity index (χ4n) is 1.66. The molecule has 1 aromatic rings. The molecule has 0 fully saturated rings. The van der Waals surface area contributed by atoms with Gasteiger partial charge >= 0.3 is 0 Å². The summed E-state index contributed by atoms with van der Waals surface area (Å²) in [6, 6.07) is 6.57. The predicted molar refractivity (Wildman–Crippen MR) is 73.4 cm³/mol. The lowest BCUT2D eigenvalue weighted by molar-refractivity contribution is -0.139. The molecule has 0 bridgehead atoms. The van der Waals surface area contributed by atoms with E-state index in [4.69, 9.17) is 10.5 Å². The van der Waals surface area contributed by atoms with Gasteiger partial charge in [-0.3, -0.25) is 14.4 Å². The van der Waals surface area contributed by atoms with Crippen LogP contribution in [0.1, 0.15) is 24.2 Å². The summed E-state index contributed by atoms with van der Waals surface area (Å²) >= 11 is 0. The minimum atomic E-state index is -0.776. The van der Waals surface area contributed by atoms with Crippen LogP contribution in [0.5, 0.6) is 5.75 Å². The van der Waals surface area contributed by atoms with E-state index in [0.29, 0.717) is 11.3 Å². The number of ketones is 1. The van der Waals surface area contributed by atoms with Gasteiger partial charge in [-0.05, 0) is 26.0 Å². The monoisotopic (exact) mass is 278 g/mol. The highest BCUT2D eigenvalue weighted by Gasteiger charge is 2.20. The summed E-state index contributed by atoms with van der Waals surface area (Å²) in [7, 11) is 1.47. The summed E-state index contributed by atoms with van der Waals surface area (Å²) in [4.78, 5) is 35.2. The lowest BCUT2D eigenvalue weighted by Gasteiger charge is -2.21. The van der Waals surface area contributed by atoms with Crippen LogP contribution in [0.4, 0.5) is 0 Å². The van der Waals surface area contributed by atoms with Gasteiger partial charge < -0.3 is 15.4 Å². The topological polar surface area (TPSA) is 89.7 Å². The number of hydrogen-bond donors (Lipinski definition) is 1. The number of ether oxygens (including phenoxy) is 1. The zero-order chi connectivity index (χ0) is 15.3. The molecule has 2 amide bonds. The summed E-state index contributed by atoms with van der Waals surface area (Å²) in [6.07, 6.45) is -0.776. The molecular formula is C14H18N2O4. The van der Waals surface area contributed by atoms with Gasteiger partial charge in [0, 0.05) is 12.6 Å². The maximum atomic E-state index is 11.9. The molecule has 0 spiro atoms. The van der Waals surface area contributed by atoms with Crippen molar-refractivity contribution in [3.63, 3.8) is 0 Å². The minimum absolute atomic E-state index is 0.0831. The Morgan fingerprint density at radius 1 is 1.35 bits per heavy atom. The standard InChI is InChI=1S/C14H18N2O4/c1-9(17)11-5-4-6-12(7-11)20-10(2)14(19)16(3)8-13(15)18/h4-7,10H,8H2,1-3H3,(H2,15,18). The fraction of sp³-hybridized carbons (Fsp3) is 0.357. The molecular weight excluding hydrogens is 260 g/mol. The number of amides is 2. The number of likely N-dealkylation sites (N-methyl/N-ethyl adjacent to an activating group) is 1. The molecule has 0 heterocycles. The maximum Gasteiger partial charge on any atom is 0.263 e. The van der Waals surface area contributed by atoms with Gasteiger partial charge in [-0.2, -0.15) is 0 Å². The van der Waals surface area contributed by atoms with Gasteiger partial charge in [0.05, 0.1) is 6.54 Å². The Balaban J connectivity index is 2.72. The molecule has 1 atom stereocenters. The zero-order valence-electron chi connectivity index (χ0n) is 11.8. The van der Waals surface area contributed by atoms with Gasteiger partial charge in [0.25, 0.3) is 5.91 Å². The van der Waals surface area contributed by atoms with Gasteiger partial charge in [0.2, 0.25) is 5.91 Å². The van der Waals surface area contributed by atoms with Crippen LogP contribution in [-0.4, -0.2) is 42.2 Å². The Bertz CT molecular complexity index is 528. The van der Waals surface area contributed by atoms with Crippen LogP contribution in [0, 0.1) is 0 Å². The number of nitrogens with two attached hydrogens (primary N) is 1. The van der Waals surface area contributed by atoms with E-state index in [1.807, 2.05) is 0 Å². The van der Waals surface area contributed by atoms with Gasteiger partial charge in [0.15, 0.2) is 11.9 Å². The first-order chi connectivity index (χ1) is 9.31. The smallest absolute Gasteiger partial charge is 0.263 e. The number of nitrogens with zero attached hydrogens (tertiary/aromatic N) is 1. The predicted octanol–water partition coefficient (Wildman–Crippen LogP) is 0.600. The average molecular weight is 278 g/mol. The summed E-state index contributed by atoms with van der Waals surface area (Å²) in [5, 5.41) is 0. The van der Waals surface area contributed by atoms with Gasteiger partial charge in [-0.25, -0.2) is 0 Å². The fourth-order valence-corrected chi connectivity index (χ4v) is 1.66. The molecule has 1 unspecified atom stereocenters. The van der Waals surface area contributed by atoms with Crippen molar-refractivity contribution in [2.24, 2.45) is 5.73 Å². The molecule has 1 aromatic carbocycles. The highest BCUT2D eigenvalue weighted by Crippen LogP contribution is 2.16. The summed E-state index contributed by atoms with van der Waals surface area (Å²) in [5.41, 5.74) is 5.53. The number of hydrogen-bond acceptors (Lipinski definition) is 4. The van der Waals surface area contributed by atoms with Crippen LogP contribution < -0.4 is 10.5 Å². The lowest BCUT2D eigenvalue weighted by Crippen LogP contribution is -2.42. The van der Waals surface area contributed by atoms with Gasteiger partial charge in [0.1, 0.15) is 5.75 Å². The maximum absolute atomic E-state index is 11.9. The van der Waals surface area contributed by atoms with Crippen molar-refractivity contribution in [3.8, 4) is 5.75 Å². The molecule has 1 rings (SSSR count). The molecule has 0 aliphatic carbocycles. The number of benzene rings is 1. The first kappa shape index (κ1) is 15.7. The van der Waals surface area contributed by atoms with Crippen molar-refractivity contribution < 1.29 is 19.1 Å². The number of rotatable bonds is 6. The van der Waals surface area contributed by atoms with Gasteiger partial charge in [-0.15, -0.1) is 0 Å². The minimum Gasteiger partial charge on any atom is -0.481 e. The number of primary amides is 1. The number of Topliss-reactive ketones (excluding diaryl/α,β-unsaturated/α-hetero) is 1. The van der Waals surface area contributed by atoms with Crippen LogP contribution >= 0.6 is 0 Å². The van der Waals surface area contributed by atoms with E-state index in [1.54, 1.807) is 31.2 Å². The Hall–Kier alpha value is -2.37. The third kappa shape index (κ3) is 4.38. The summed E-state index contributed by atoms with van der Waals surface area (Å²) in [6.45, 7) is 2.86. The Morgan fingerprint density at radius 2 is 2.00 bits per heavy atom. The zero-order valence-corrected chi connectivity index (χ0v) is 11.8. The molecule has 0 radical (unpaired) electrons. The van der Waals surface area contributed by atoms with E-state index in [9.17, 15) is 14.4 Å². The van der Waals surface area contributed by atoms with E-state index in [1.165, 1.54) is 18.9 Å². The highest BCUT2D eigenvalue weighted by atomic mass is 16.5. The second kappa shape index (κ2) is 6.70. The van der Waals surface area contributed by atoms with E-state index in [2.05, 4.69) is 0 Å². The molecule has 0 saturated carbocycles. The molecule has 0 aliphatic rings. The Morgan fingerprint density at radius 3 is 2.55 bits per heavy atom. The van der Waals surface area contributed by atoms with Crippen molar-refractivity contribution in [3.05, 3.63) is 29.8 Å². The molecule has 0 saturated heterocycles. The van der Waals surface area contributed by atoms with Crippen molar-refractivity contribution in [2.45, 2.75) is 20.0 Å². The van der Waals surface area contributed by atoms with E-state index < -0.39 is 12.0 Å². The number of carbonyl (C=O) groups excluding carboxylic acids is 3. The molecule has 108 valence electrons. The molecule has 6 nitrogen and oxygen atoms in total. The normalized spacial score (nSPS) is 11.6. The molecule has 0 aliphatic heterocycles. The Labute approximate surface area is 117 Å². The summed E-state index contributed by atoms with van der Waals surface area (Å²) < 4.78 is 5.47. The molecule has 2 N–H and O–H groups in total. The third-order valence-electron chi connectivity index (χ3n) is 2.67. The van der Waals surface area contributed by atoms with Crippen LogP contribution in [0.2, 0.25) is 0 Å². The van der Waals surface area contributed by atoms with Crippen LogP contribution in [0.3, 0.4) is 0 Å². The molecule has 20 heavy (non-hydrogen) atoms. The van der Waals surface area contributed by atoms with Crippen molar-refractivity contribution in [1.29, 1.82) is 0 Å². The number of carbonyl (C=O) groups is 3. The third-order valence-corrected chi connectivity index (χ3v) is 2.67. The summed E-state index contributed by atoms with van der Waals surface area (Å²) in [5.74, 6) is -0.616. The van der Waals surface area contributed by atoms with Crippen LogP contribution in [-0.2, 0) is 9.59 Å². The Kier molecular flexibility index (Phi) is 5.25. The highest BCUT2D eigenvalue weighted by molar-refractivity contribution is 5.94. The molecule has 6 heteroatoms. The van der Waals surface area contributed by atoms with Gasteiger partial charge in [-0.1, -0.05) is 12.1 Å². The van der Waals surface area contributed by atoms with Crippen molar-refractivity contribution >= 4 is 17.6 Å². The average Bonchev–Trinajstić information content (AvgIpc) is 2.37. The SMILES string of the molecule is CC(=O)c1cccc(OC(C)C(=O)N(C)CC(N)=O)c1.